The Morgan fingerprint density at radius 1 is 1.30 bits per heavy atom. The molecule has 4 nitrogen and oxygen atoms in total. The Kier molecular flexibility index (Phi) is 4.98. The van der Waals surface area contributed by atoms with Gasteiger partial charge in [0.1, 0.15) is 5.65 Å². The number of rotatable bonds is 5. The van der Waals surface area contributed by atoms with Crippen molar-refractivity contribution in [2.75, 3.05) is 6.54 Å². The highest BCUT2D eigenvalue weighted by atomic mass is 79.9. The summed E-state index contributed by atoms with van der Waals surface area (Å²) in [5.41, 5.74) is 1.45. The van der Waals surface area contributed by atoms with E-state index in [1.807, 2.05) is 30.5 Å². The summed E-state index contributed by atoms with van der Waals surface area (Å²) in [6.07, 6.45) is 4.62. The molecule has 23 heavy (non-hydrogen) atoms. The number of nitrogens with zero attached hydrogens (tertiary/aromatic N) is 2. The molecule has 3 aromatic rings. The van der Waals surface area contributed by atoms with Gasteiger partial charge in [-0.2, -0.15) is 0 Å². The number of hydrogen-bond donors (Lipinski definition) is 1. The van der Waals surface area contributed by atoms with Gasteiger partial charge < -0.3 is 9.88 Å². The quantitative estimate of drug-likeness (QED) is 0.659. The van der Waals surface area contributed by atoms with Gasteiger partial charge in [0.15, 0.2) is 0 Å². The zero-order valence-corrected chi connectivity index (χ0v) is 14.6. The molecule has 0 aliphatic heterocycles. The Bertz CT molecular complexity index is 847. The van der Waals surface area contributed by atoms with Crippen LogP contribution >= 0.6 is 27.5 Å². The molecule has 0 atom stereocenters. The average Bonchev–Trinajstić information content (AvgIpc) is 2.97. The van der Waals surface area contributed by atoms with E-state index in [-0.39, 0.29) is 5.91 Å². The summed E-state index contributed by atoms with van der Waals surface area (Å²) < 4.78 is 2.92. The number of nitrogens with one attached hydrogen (secondary N) is 1. The van der Waals surface area contributed by atoms with Crippen LogP contribution in [0.15, 0.2) is 53.3 Å². The van der Waals surface area contributed by atoms with Crippen LogP contribution in [-0.4, -0.2) is 22.0 Å². The molecule has 0 bridgehead atoms. The lowest BCUT2D eigenvalue weighted by Crippen LogP contribution is -2.25. The van der Waals surface area contributed by atoms with Crippen LogP contribution in [0.5, 0.6) is 0 Å². The van der Waals surface area contributed by atoms with Gasteiger partial charge >= 0.3 is 0 Å². The van der Waals surface area contributed by atoms with Crippen LogP contribution in [0.3, 0.4) is 0 Å². The van der Waals surface area contributed by atoms with E-state index in [2.05, 4.69) is 30.8 Å². The van der Waals surface area contributed by atoms with Crippen LogP contribution in [0.4, 0.5) is 0 Å². The number of hydrogen-bond acceptors (Lipinski definition) is 2. The molecule has 0 aliphatic rings. The molecule has 1 amide bonds. The van der Waals surface area contributed by atoms with Crippen molar-refractivity contribution in [2.24, 2.45) is 0 Å². The van der Waals surface area contributed by atoms with Crippen molar-refractivity contribution in [3.8, 4) is 0 Å². The fraction of sp³-hybridized carbons (Fsp3) is 0.176. The zero-order valence-electron chi connectivity index (χ0n) is 12.3. The lowest BCUT2D eigenvalue weighted by atomic mass is 10.2. The van der Waals surface area contributed by atoms with Gasteiger partial charge in [0, 0.05) is 35.3 Å². The van der Waals surface area contributed by atoms with E-state index in [0.717, 1.165) is 28.5 Å². The zero-order chi connectivity index (χ0) is 16.2. The minimum Gasteiger partial charge on any atom is -0.352 e. The highest BCUT2D eigenvalue weighted by molar-refractivity contribution is 9.10. The molecule has 118 valence electrons. The minimum absolute atomic E-state index is 0.160. The van der Waals surface area contributed by atoms with Crippen LogP contribution in [0.2, 0.25) is 5.02 Å². The van der Waals surface area contributed by atoms with Gasteiger partial charge in [-0.1, -0.05) is 27.5 Å². The van der Waals surface area contributed by atoms with Crippen molar-refractivity contribution >= 4 is 44.5 Å². The number of carbonyl (C=O) groups is 1. The van der Waals surface area contributed by atoms with Crippen LogP contribution in [0.25, 0.3) is 11.0 Å². The Hall–Kier alpha value is -1.85. The van der Waals surface area contributed by atoms with E-state index >= 15 is 0 Å². The second kappa shape index (κ2) is 7.15. The molecule has 1 aromatic carbocycles. The lowest BCUT2D eigenvalue weighted by Gasteiger charge is -2.08. The third-order valence-corrected chi connectivity index (χ3v) is 4.38. The number of amides is 1. The Labute approximate surface area is 147 Å². The van der Waals surface area contributed by atoms with Gasteiger partial charge in [-0.05, 0) is 42.8 Å². The maximum atomic E-state index is 12.2. The summed E-state index contributed by atoms with van der Waals surface area (Å²) in [6, 6.07) is 11.2. The monoisotopic (exact) mass is 391 g/mol. The second-order valence-corrected chi connectivity index (χ2v) is 6.48. The first kappa shape index (κ1) is 16.0. The normalized spacial score (nSPS) is 10.9. The van der Waals surface area contributed by atoms with E-state index in [9.17, 15) is 4.79 Å². The molecule has 2 aromatic heterocycles. The van der Waals surface area contributed by atoms with Crippen molar-refractivity contribution in [2.45, 2.75) is 13.0 Å². The van der Waals surface area contributed by atoms with Gasteiger partial charge in [-0.3, -0.25) is 4.79 Å². The highest BCUT2D eigenvalue weighted by Gasteiger charge is 2.10. The Morgan fingerprint density at radius 3 is 3.04 bits per heavy atom. The molecular weight excluding hydrogens is 378 g/mol. The van der Waals surface area contributed by atoms with E-state index < -0.39 is 0 Å². The molecule has 3 rings (SSSR count). The first-order chi connectivity index (χ1) is 11.1. The molecule has 0 radical (unpaired) electrons. The maximum Gasteiger partial charge on any atom is 0.252 e. The molecule has 6 heteroatoms. The van der Waals surface area contributed by atoms with Gasteiger partial charge in [0.2, 0.25) is 0 Å². The summed E-state index contributed by atoms with van der Waals surface area (Å²) >= 11 is 9.40. The molecule has 0 saturated carbocycles. The van der Waals surface area contributed by atoms with Crippen molar-refractivity contribution in [1.82, 2.24) is 14.9 Å². The largest absolute Gasteiger partial charge is 0.352 e. The molecule has 2 heterocycles. The summed E-state index contributed by atoms with van der Waals surface area (Å²) in [5.74, 6) is -0.160. The third kappa shape index (κ3) is 3.74. The van der Waals surface area contributed by atoms with E-state index in [1.54, 1.807) is 18.3 Å². The second-order valence-electron chi connectivity index (χ2n) is 5.16. The van der Waals surface area contributed by atoms with Gasteiger partial charge in [0.05, 0.1) is 10.6 Å². The number of benzene rings is 1. The highest BCUT2D eigenvalue weighted by Crippen LogP contribution is 2.20. The number of aromatic nitrogens is 2. The standard InChI is InChI=1S/C17H15BrClN3O/c18-13-4-5-15(19)14(11-13)17(23)21-8-2-9-22-10-6-12-3-1-7-20-16(12)22/h1,3-7,10-11H,2,8-9H2,(H,21,23). The van der Waals surface area contributed by atoms with Crippen LogP contribution in [0, 0.1) is 0 Å². The first-order valence-corrected chi connectivity index (χ1v) is 8.45. The molecule has 1 N–H and O–H groups in total. The Balaban J connectivity index is 1.55. The van der Waals surface area contributed by atoms with Crippen LogP contribution in [-0.2, 0) is 6.54 Å². The van der Waals surface area contributed by atoms with Crippen molar-refractivity contribution in [3.05, 3.63) is 63.9 Å². The predicted molar refractivity (Wildman–Crippen MR) is 95.8 cm³/mol. The minimum atomic E-state index is -0.160. The summed E-state index contributed by atoms with van der Waals surface area (Å²) in [5, 5.41) is 4.47. The van der Waals surface area contributed by atoms with Gasteiger partial charge in [-0.15, -0.1) is 0 Å². The fourth-order valence-corrected chi connectivity index (χ4v) is 2.98. The van der Waals surface area contributed by atoms with Gasteiger partial charge in [0.25, 0.3) is 5.91 Å². The lowest BCUT2D eigenvalue weighted by molar-refractivity contribution is 0.0953. The number of halogens is 2. The van der Waals surface area contributed by atoms with Crippen LogP contribution in [0.1, 0.15) is 16.8 Å². The fourth-order valence-electron chi connectivity index (χ4n) is 2.42. The smallest absolute Gasteiger partial charge is 0.252 e. The summed E-state index contributed by atoms with van der Waals surface area (Å²) in [6.45, 7) is 1.38. The topological polar surface area (TPSA) is 46.9 Å². The number of aryl methyl sites for hydroxylation is 1. The summed E-state index contributed by atoms with van der Waals surface area (Å²) in [7, 11) is 0. The predicted octanol–water partition coefficient (Wildman–Crippen LogP) is 4.27. The number of fused-ring (bicyclic) bond motifs is 1. The van der Waals surface area contributed by atoms with Crippen molar-refractivity contribution in [1.29, 1.82) is 0 Å². The SMILES string of the molecule is O=C(NCCCn1ccc2cccnc21)c1cc(Br)ccc1Cl. The molecule has 0 spiro atoms. The van der Waals surface area contributed by atoms with Crippen molar-refractivity contribution in [3.63, 3.8) is 0 Å². The first-order valence-electron chi connectivity index (χ1n) is 7.28. The van der Waals surface area contributed by atoms with Gasteiger partial charge in [-0.25, -0.2) is 4.98 Å². The molecule has 0 saturated heterocycles. The maximum absolute atomic E-state index is 12.2. The number of carbonyl (C=O) groups excluding carboxylic acids is 1. The molecule has 0 fully saturated rings. The third-order valence-electron chi connectivity index (χ3n) is 3.56. The van der Waals surface area contributed by atoms with E-state index in [4.69, 9.17) is 11.6 Å². The molecule has 0 unspecified atom stereocenters. The Morgan fingerprint density at radius 2 is 2.17 bits per heavy atom. The average molecular weight is 393 g/mol. The van der Waals surface area contributed by atoms with Crippen molar-refractivity contribution < 1.29 is 4.79 Å². The summed E-state index contributed by atoms with van der Waals surface area (Å²) in [4.78, 5) is 16.5. The molecule has 0 aliphatic carbocycles. The van der Waals surface area contributed by atoms with Crippen LogP contribution < -0.4 is 5.32 Å². The molecular formula is C17H15BrClN3O. The van der Waals surface area contributed by atoms with E-state index in [1.165, 1.54) is 0 Å². The van der Waals surface area contributed by atoms with E-state index in [0.29, 0.717) is 17.1 Å². The number of pyridine rings is 1.